The molecule has 90 valence electrons. The van der Waals surface area contributed by atoms with Gasteiger partial charge in [-0.25, -0.2) is 9.78 Å². The summed E-state index contributed by atoms with van der Waals surface area (Å²) in [5, 5.41) is 6.48. The van der Waals surface area contributed by atoms with E-state index in [0.717, 1.165) is 21.6 Å². The van der Waals surface area contributed by atoms with Crippen molar-refractivity contribution in [3.8, 4) is 0 Å². The van der Waals surface area contributed by atoms with E-state index in [9.17, 15) is 4.79 Å². The van der Waals surface area contributed by atoms with Crippen molar-refractivity contribution < 1.29 is 4.79 Å². The molecular formula is C12H15N3OS. The maximum Gasteiger partial charge on any atom is 0.315 e. The topological polar surface area (TPSA) is 54.0 Å². The monoisotopic (exact) mass is 249 g/mol. The van der Waals surface area contributed by atoms with Crippen molar-refractivity contribution in [1.29, 1.82) is 0 Å². The van der Waals surface area contributed by atoms with E-state index in [4.69, 9.17) is 0 Å². The molecule has 0 bridgehead atoms. The summed E-state index contributed by atoms with van der Waals surface area (Å²) in [5.74, 6) is 0. The van der Waals surface area contributed by atoms with Crippen molar-refractivity contribution in [2.75, 3.05) is 6.54 Å². The fourth-order valence-electron chi connectivity index (χ4n) is 1.45. The molecule has 0 atom stereocenters. The van der Waals surface area contributed by atoms with Gasteiger partial charge in [-0.1, -0.05) is 19.1 Å². The molecule has 1 heterocycles. The molecule has 0 radical (unpaired) electrons. The van der Waals surface area contributed by atoms with Gasteiger partial charge in [-0.2, -0.15) is 0 Å². The van der Waals surface area contributed by atoms with Crippen molar-refractivity contribution in [2.24, 2.45) is 0 Å². The Bertz CT molecular complexity index is 476. The van der Waals surface area contributed by atoms with Gasteiger partial charge in [0.05, 0.1) is 16.8 Å². The molecule has 1 aromatic carbocycles. The third-order valence-corrected chi connectivity index (χ3v) is 3.31. The first-order chi connectivity index (χ1) is 8.29. The molecule has 0 spiro atoms. The van der Waals surface area contributed by atoms with E-state index in [1.807, 2.05) is 31.2 Å². The Hall–Kier alpha value is -1.62. The second-order valence-corrected chi connectivity index (χ2v) is 4.80. The third kappa shape index (κ3) is 3.17. The summed E-state index contributed by atoms with van der Waals surface area (Å²) < 4.78 is 1.15. The third-order valence-electron chi connectivity index (χ3n) is 2.27. The molecule has 0 aliphatic rings. The number of hydrogen-bond acceptors (Lipinski definition) is 3. The van der Waals surface area contributed by atoms with Crippen LogP contribution >= 0.6 is 11.3 Å². The van der Waals surface area contributed by atoms with Crippen LogP contribution in [0, 0.1) is 0 Å². The minimum absolute atomic E-state index is 0.133. The zero-order chi connectivity index (χ0) is 12.1. The van der Waals surface area contributed by atoms with Crippen molar-refractivity contribution in [3.05, 3.63) is 29.3 Å². The number of nitrogens with one attached hydrogen (secondary N) is 2. The highest BCUT2D eigenvalue weighted by atomic mass is 32.1. The molecule has 4 nitrogen and oxygen atoms in total. The minimum atomic E-state index is -0.133. The lowest BCUT2D eigenvalue weighted by Crippen LogP contribution is -2.35. The lowest BCUT2D eigenvalue weighted by Gasteiger charge is -2.03. The van der Waals surface area contributed by atoms with E-state index >= 15 is 0 Å². The summed E-state index contributed by atoms with van der Waals surface area (Å²) in [7, 11) is 0. The number of nitrogens with zero attached hydrogens (tertiary/aromatic N) is 1. The average molecular weight is 249 g/mol. The van der Waals surface area contributed by atoms with Gasteiger partial charge < -0.3 is 10.6 Å². The molecule has 2 aromatic rings. The van der Waals surface area contributed by atoms with Gasteiger partial charge in [0.15, 0.2) is 0 Å². The molecule has 0 saturated carbocycles. The van der Waals surface area contributed by atoms with E-state index < -0.39 is 0 Å². The smallest absolute Gasteiger partial charge is 0.315 e. The van der Waals surface area contributed by atoms with E-state index in [2.05, 4.69) is 15.6 Å². The van der Waals surface area contributed by atoms with E-state index in [0.29, 0.717) is 13.1 Å². The van der Waals surface area contributed by atoms with Crippen LogP contribution in [0.3, 0.4) is 0 Å². The first-order valence-electron chi connectivity index (χ1n) is 5.65. The normalized spacial score (nSPS) is 10.4. The van der Waals surface area contributed by atoms with Crippen LogP contribution < -0.4 is 10.6 Å². The van der Waals surface area contributed by atoms with Crippen LogP contribution in [0.1, 0.15) is 18.4 Å². The number of aromatic nitrogens is 1. The van der Waals surface area contributed by atoms with Crippen LogP contribution in [0.2, 0.25) is 0 Å². The summed E-state index contributed by atoms with van der Waals surface area (Å²) in [6, 6.07) is 7.84. The van der Waals surface area contributed by atoms with E-state index in [-0.39, 0.29) is 6.03 Å². The van der Waals surface area contributed by atoms with E-state index in [1.165, 1.54) is 0 Å². The molecule has 5 heteroatoms. The van der Waals surface area contributed by atoms with Crippen molar-refractivity contribution >= 4 is 27.6 Å². The Labute approximate surface area is 104 Å². The second-order valence-electron chi connectivity index (χ2n) is 3.68. The maximum absolute atomic E-state index is 11.3. The number of rotatable bonds is 4. The summed E-state index contributed by atoms with van der Waals surface area (Å²) in [4.78, 5) is 15.8. The number of para-hydroxylation sites is 1. The van der Waals surface area contributed by atoms with Gasteiger partial charge in [0.1, 0.15) is 5.01 Å². The number of fused-ring (bicyclic) bond motifs is 1. The van der Waals surface area contributed by atoms with Gasteiger partial charge in [-0.3, -0.25) is 0 Å². The lowest BCUT2D eigenvalue weighted by molar-refractivity contribution is 0.240. The fraction of sp³-hybridized carbons (Fsp3) is 0.333. The van der Waals surface area contributed by atoms with Crippen molar-refractivity contribution in [3.63, 3.8) is 0 Å². The van der Waals surface area contributed by atoms with Gasteiger partial charge in [-0.05, 0) is 18.6 Å². The number of carbonyl (C=O) groups is 1. The van der Waals surface area contributed by atoms with Crippen molar-refractivity contribution in [2.45, 2.75) is 19.9 Å². The number of hydrogen-bond donors (Lipinski definition) is 2. The number of amides is 2. The summed E-state index contributed by atoms with van der Waals surface area (Å²) in [5.41, 5.74) is 0.989. The quantitative estimate of drug-likeness (QED) is 0.874. The standard InChI is InChI=1S/C12H15N3OS/c1-2-7-13-12(16)14-8-11-15-9-5-3-4-6-10(9)17-11/h3-6H,2,7-8H2,1H3,(H2,13,14,16). The zero-order valence-electron chi connectivity index (χ0n) is 9.69. The van der Waals surface area contributed by atoms with Crippen LogP contribution in [0.5, 0.6) is 0 Å². The molecule has 0 aliphatic carbocycles. The highest BCUT2D eigenvalue weighted by molar-refractivity contribution is 7.18. The Morgan fingerprint density at radius 1 is 1.35 bits per heavy atom. The Kier molecular flexibility index (Phi) is 3.93. The molecule has 2 amide bonds. The van der Waals surface area contributed by atoms with Gasteiger partial charge in [0.2, 0.25) is 0 Å². The molecule has 1 aromatic heterocycles. The number of benzene rings is 1. The van der Waals surface area contributed by atoms with Gasteiger partial charge >= 0.3 is 6.03 Å². The first-order valence-corrected chi connectivity index (χ1v) is 6.47. The largest absolute Gasteiger partial charge is 0.338 e. The van der Waals surface area contributed by atoms with Crippen LogP contribution in [0.25, 0.3) is 10.2 Å². The Morgan fingerprint density at radius 2 is 2.18 bits per heavy atom. The minimum Gasteiger partial charge on any atom is -0.338 e. The first kappa shape index (κ1) is 11.9. The Morgan fingerprint density at radius 3 is 2.94 bits per heavy atom. The molecule has 0 unspecified atom stereocenters. The molecule has 0 aliphatic heterocycles. The van der Waals surface area contributed by atoms with Crippen LogP contribution in [-0.2, 0) is 6.54 Å². The molecule has 0 fully saturated rings. The number of carbonyl (C=O) groups excluding carboxylic acids is 1. The van der Waals surface area contributed by atoms with E-state index in [1.54, 1.807) is 11.3 Å². The predicted octanol–water partition coefficient (Wildman–Crippen LogP) is 2.51. The maximum atomic E-state index is 11.3. The summed E-state index contributed by atoms with van der Waals surface area (Å²) >= 11 is 1.61. The van der Waals surface area contributed by atoms with Gasteiger partial charge in [-0.15, -0.1) is 11.3 Å². The van der Waals surface area contributed by atoms with Crippen LogP contribution in [0.4, 0.5) is 4.79 Å². The lowest BCUT2D eigenvalue weighted by atomic mass is 10.3. The highest BCUT2D eigenvalue weighted by Crippen LogP contribution is 2.21. The molecule has 2 rings (SSSR count). The number of thiazole rings is 1. The average Bonchev–Trinajstić information content (AvgIpc) is 2.76. The Balaban J connectivity index is 1.92. The number of urea groups is 1. The van der Waals surface area contributed by atoms with Crippen molar-refractivity contribution in [1.82, 2.24) is 15.6 Å². The molecular weight excluding hydrogens is 234 g/mol. The molecule has 0 saturated heterocycles. The predicted molar refractivity (Wildman–Crippen MR) is 70.1 cm³/mol. The van der Waals surface area contributed by atoms with Crippen LogP contribution in [0.15, 0.2) is 24.3 Å². The summed E-state index contributed by atoms with van der Waals surface area (Å²) in [6.07, 6.45) is 0.939. The second kappa shape index (κ2) is 5.63. The molecule has 2 N–H and O–H groups in total. The SMILES string of the molecule is CCCNC(=O)NCc1nc2ccccc2s1. The van der Waals surface area contributed by atoms with Gasteiger partial charge in [0.25, 0.3) is 0 Å². The van der Waals surface area contributed by atoms with Gasteiger partial charge in [0, 0.05) is 6.54 Å². The summed E-state index contributed by atoms with van der Waals surface area (Å²) in [6.45, 7) is 3.20. The highest BCUT2D eigenvalue weighted by Gasteiger charge is 2.04. The zero-order valence-corrected chi connectivity index (χ0v) is 10.5. The molecule has 17 heavy (non-hydrogen) atoms. The fourth-order valence-corrected chi connectivity index (χ4v) is 2.36. The van der Waals surface area contributed by atoms with Crippen LogP contribution in [-0.4, -0.2) is 17.6 Å².